The van der Waals surface area contributed by atoms with Crippen LogP contribution in [0.2, 0.25) is 0 Å². The zero-order chi connectivity index (χ0) is 12.2. The van der Waals surface area contributed by atoms with E-state index in [2.05, 4.69) is 15.0 Å². The number of hydrogen-bond donors (Lipinski definition) is 0. The summed E-state index contributed by atoms with van der Waals surface area (Å²) in [5, 5.41) is 3.56. The molecule has 1 heterocycles. The molecule has 88 valence electrons. The SMILES string of the molecule is CCS(=O)(=O)c1cc(/C=N/OC)cnc1C. The van der Waals surface area contributed by atoms with Crippen LogP contribution in [0.15, 0.2) is 22.3 Å². The van der Waals surface area contributed by atoms with Crippen LogP contribution < -0.4 is 0 Å². The van der Waals surface area contributed by atoms with Gasteiger partial charge in [-0.15, -0.1) is 0 Å². The summed E-state index contributed by atoms with van der Waals surface area (Å²) in [5.74, 6) is 0.0559. The molecule has 0 atom stereocenters. The summed E-state index contributed by atoms with van der Waals surface area (Å²) in [6.07, 6.45) is 2.97. The summed E-state index contributed by atoms with van der Waals surface area (Å²) in [4.78, 5) is 8.79. The van der Waals surface area contributed by atoms with E-state index in [4.69, 9.17) is 0 Å². The monoisotopic (exact) mass is 242 g/mol. The van der Waals surface area contributed by atoms with E-state index >= 15 is 0 Å². The average molecular weight is 242 g/mol. The zero-order valence-corrected chi connectivity index (χ0v) is 10.3. The lowest BCUT2D eigenvalue weighted by atomic mass is 10.3. The van der Waals surface area contributed by atoms with Crippen molar-refractivity contribution in [2.75, 3.05) is 12.9 Å². The summed E-state index contributed by atoms with van der Waals surface area (Å²) in [6, 6.07) is 1.55. The minimum atomic E-state index is -3.24. The van der Waals surface area contributed by atoms with E-state index in [9.17, 15) is 8.42 Å². The van der Waals surface area contributed by atoms with Gasteiger partial charge in [0.05, 0.1) is 22.6 Å². The molecule has 0 aliphatic carbocycles. The molecule has 0 amide bonds. The smallest absolute Gasteiger partial charge is 0.179 e. The van der Waals surface area contributed by atoms with Gasteiger partial charge in [-0.3, -0.25) is 4.98 Å². The predicted octanol–water partition coefficient (Wildman–Crippen LogP) is 1.16. The van der Waals surface area contributed by atoms with E-state index in [0.29, 0.717) is 11.3 Å². The van der Waals surface area contributed by atoms with Gasteiger partial charge in [0, 0.05) is 11.8 Å². The van der Waals surface area contributed by atoms with Crippen molar-refractivity contribution < 1.29 is 13.3 Å². The van der Waals surface area contributed by atoms with E-state index in [1.807, 2.05) is 0 Å². The normalized spacial score (nSPS) is 11.9. The molecule has 0 aliphatic heterocycles. The van der Waals surface area contributed by atoms with Crippen molar-refractivity contribution >= 4 is 16.1 Å². The molecule has 0 fully saturated rings. The lowest BCUT2D eigenvalue weighted by Crippen LogP contribution is -2.07. The maximum atomic E-state index is 11.7. The summed E-state index contributed by atoms with van der Waals surface area (Å²) in [7, 11) is -1.82. The molecule has 6 heteroatoms. The van der Waals surface area contributed by atoms with Crippen LogP contribution in [0.5, 0.6) is 0 Å². The highest BCUT2D eigenvalue weighted by Crippen LogP contribution is 2.15. The van der Waals surface area contributed by atoms with Crippen LogP contribution in [0.25, 0.3) is 0 Å². The van der Waals surface area contributed by atoms with Crippen molar-refractivity contribution in [1.29, 1.82) is 0 Å². The Morgan fingerprint density at radius 1 is 1.56 bits per heavy atom. The number of oxime groups is 1. The number of rotatable bonds is 4. The highest BCUT2D eigenvalue weighted by atomic mass is 32.2. The Hall–Kier alpha value is -1.43. The number of sulfone groups is 1. The van der Waals surface area contributed by atoms with Gasteiger partial charge in [0.2, 0.25) is 0 Å². The quantitative estimate of drug-likeness (QED) is 0.587. The molecule has 1 rings (SSSR count). The first-order valence-electron chi connectivity index (χ1n) is 4.77. The standard InChI is InChI=1S/C10H14N2O3S/c1-4-16(13,14)10-5-9(7-12-15-3)6-11-8(10)2/h5-7H,4H2,1-3H3/b12-7+. The Labute approximate surface area is 95.1 Å². The maximum Gasteiger partial charge on any atom is 0.179 e. The minimum absolute atomic E-state index is 0.0559. The molecule has 0 unspecified atom stereocenters. The first-order chi connectivity index (χ1) is 7.51. The maximum absolute atomic E-state index is 11.7. The van der Waals surface area contributed by atoms with Gasteiger partial charge < -0.3 is 4.84 Å². The minimum Gasteiger partial charge on any atom is -0.399 e. The van der Waals surface area contributed by atoms with Gasteiger partial charge in [-0.2, -0.15) is 0 Å². The molecule has 0 aliphatic rings. The third-order valence-electron chi connectivity index (χ3n) is 2.08. The first kappa shape index (κ1) is 12.6. The third-order valence-corrected chi connectivity index (χ3v) is 3.93. The Morgan fingerprint density at radius 3 is 2.81 bits per heavy atom. The second-order valence-corrected chi connectivity index (χ2v) is 5.42. The second-order valence-electron chi connectivity index (χ2n) is 3.17. The largest absolute Gasteiger partial charge is 0.399 e. The molecule has 0 saturated carbocycles. The summed E-state index contributed by atoms with van der Waals surface area (Å²) in [5.41, 5.74) is 1.09. The molecular weight excluding hydrogens is 228 g/mol. The third kappa shape index (κ3) is 2.79. The fourth-order valence-electron chi connectivity index (χ4n) is 1.18. The zero-order valence-electron chi connectivity index (χ0n) is 9.47. The number of aryl methyl sites for hydroxylation is 1. The van der Waals surface area contributed by atoms with E-state index in [1.54, 1.807) is 26.1 Å². The van der Waals surface area contributed by atoms with E-state index in [-0.39, 0.29) is 10.6 Å². The summed E-state index contributed by atoms with van der Waals surface area (Å²) >= 11 is 0. The van der Waals surface area contributed by atoms with E-state index < -0.39 is 9.84 Å². The van der Waals surface area contributed by atoms with Crippen molar-refractivity contribution in [1.82, 2.24) is 4.98 Å². The van der Waals surface area contributed by atoms with Crippen LogP contribution in [0.3, 0.4) is 0 Å². The molecule has 1 aromatic heterocycles. The highest BCUT2D eigenvalue weighted by molar-refractivity contribution is 7.91. The fourth-order valence-corrected chi connectivity index (χ4v) is 2.31. The van der Waals surface area contributed by atoms with Gasteiger partial charge >= 0.3 is 0 Å². The van der Waals surface area contributed by atoms with Crippen molar-refractivity contribution in [3.63, 3.8) is 0 Å². The van der Waals surface area contributed by atoms with Gasteiger partial charge in [0.25, 0.3) is 0 Å². The topological polar surface area (TPSA) is 68.6 Å². The summed E-state index contributed by atoms with van der Waals surface area (Å²) < 4.78 is 23.5. The molecule has 0 radical (unpaired) electrons. The van der Waals surface area contributed by atoms with Crippen molar-refractivity contribution in [3.8, 4) is 0 Å². The Bertz CT molecular complexity index is 495. The van der Waals surface area contributed by atoms with Crippen LogP contribution in [0, 0.1) is 6.92 Å². The van der Waals surface area contributed by atoms with Gasteiger partial charge in [-0.25, -0.2) is 8.42 Å². The van der Waals surface area contributed by atoms with Crippen molar-refractivity contribution in [3.05, 3.63) is 23.5 Å². The van der Waals surface area contributed by atoms with Crippen molar-refractivity contribution in [2.24, 2.45) is 5.16 Å². The van der Waals surface area contributed by atoms with Gasteiger partial charge in [-0.05, 0) is 13.0 Å². The Balaban J connectivity index is 3.24. The number of nitrogens with zero attached hydrogens (tertiary/aromatic N) is 2. The van der Waals surface area contributed by atoms with Gasteiger partial charge in [-0.1, -0.05) is 12.1 Å². The average Bonchev–Trinajstić information content (AvgIpc) is 2.27. The summed E-state index contributed by atoms with van der Waals surface area (Å²) in [6.45, 7) is 3.27. The highest BCUT2D eigenvalue weighted by Gasteiger charge is 2.15. The molecule has 5 nitrogen and oxygen atoms in total. The van der Waals surface area contributed by atoms with Crippen LogP contribution in [0.1, 0.15) is 18.2 Å². The number of aromatic nitrogens is 1. The van der Waals surface area contributed by atoms with Crippen LogP contribution in [-0.2, 0) is 14.7 Å². The molecule has 16 heavy (non-hydrogen) atoms. The van der Waals surface area contributed by atoms with E-state index in [1.165, 1.54) is 13.3 Å². The molecule has 0 aromatic carbocycles. The number of pyridine rings is 1. The first-order valence-corrected chi connectivity index (χ1v) is 6.42. The molecule has 0 saturated heterocycles. The molecule has 1 aromatic rings. The Kier molecular flexibility index (Phi) is 4.00. The van der Waals surface area contributed by atoms with Crippen LogP contribution >= 0.6 is 0 Å². The second kappa shape index (κ2) is 5.07. The fraction of sp³-hybridized carbons (Fsp3) is 0.400. The van der Waals surface area contributed by atoms with Crippen LogP contribution in [-0.4, -0.2) is 32.5 Å². The molecular formula is C10H14N2O3S. The molecule has 0 N–H and O–H groups in total. The lowest BCUT2D eigenvalue weighted by molar-refractivity contribution is 0.215. The van der Waals surface area contributed by atoms with Gasteiger partial charge in [0.1, 0.15) is 7.11 Å². The molecule has 0 spiro atoms. The lowest BCUT2D eigenvalue weighted by Gasteiger charge is -2.05. The van der Waals surface area contributed by atoms with Gasteiger partial charge in [0.15, 0.2) is 9.84 Å². The Morgan fingerprint density at radius 2 is 2.25 bits per heavy atom. The van der Waals surface area contributed by atoms with Crippen LogP contribution in [0.4, 0.5) is 0 Å². The predicted molar refractivity (Wildman–Crippen MR) is 61.3 cm³/mol. The molecule has 0 bridgehead atoms. The van der Waals surface area contributed by atoms with E-state index in [0.717, 1.165) is 0 Å². The number of hydrogen-bond acceptors (Lipinski definition) is 5. The van der Waals surface area contributed by atoms with Crippen molar-refractivity contribution in [2.45, 2.75) is 18.7 Å².